The Labute approximate surface area is 141 Å². The van der Waals surface area contributed by atoms with Crippen LogP contribution in [0.15, 0.2) is 48.5 Å². The number of benzene rings is 2. The first-order valence-corrected chi connectivity index (χ1v) is 7.77. The Bertz CT molecular complexity index is 692. The monoisotopic (exact) mass is 327 g/mol. The fourth-order valence-electron chi connectivity index (χ4n) is 2.26. The number of carbonyl (C=O) groups excluding carboxylic acids is 2. The van der Waals surface area contributed by atoms with Gasteiger partial charge in [-0.3, -0.25) is 4.79 Å². The number of nitrogens with one attached hydrogen (secondary N) is 1. The fourth-order valence-corrected chi connectivity index (χ4v) is 2.26. The molecule has 2 aromatic rings. The molecule has 0 fully saturated rings. The first-order chi connectivity index (χ1) is 11.5. The van der Waals surface area contributed by atoms with Gasteiger partial charge in [-0.15, -0.1) is 0 Å². The molecule has 0 saturated carbocycles. The molecule has 24 heavy (non-hydrogen) atoms. The van der Waals surface area contributed by atoms with E-state index in [1.165, 1.54) is 7.11 Å². The van der Waals surface area contributed by atoms with Gasteiger partial charge in [0.1, 0.15) is 5.75 Å². The maximum absolute atomic E-state index is 12.3. The van der Waals surface area contributed by atoms with Crippen LogP contribution < -0.4 is 10.1 Å². The predicted octanol–water partition coefficient (Wildman–Crippen LogP) is 3.36. The van der Waals surface area contributed by atoms with Gasteiger partial charge in [-0.25, -0.2) is 4.79 Å². The SMILES string of the molecule is CCOc1ccc(C(C)NC(=O)c2ccc(C(=O)OC)cc2)cc1. The number of hydrogen-bond acceptors (Lipinski definition) is 4. The molecular formula is C19H21NO4. The van der Waals surface area contributed by atoms with Crippen LogP contribution >= 0.6 is 0 Å². The summed E-state index contributed by atoms with van der Waals surface area (Å²) < 4.78 is 10.0. The van der Waals surface area contributed by atoms with Crippen LogP contribution in [0.25, 0.3) is 0 Å². The molecule has 126 valence electrons. The van der Waals surface area contributed by atoms with Gasteiger partial charge in [-0.1, -0.05) is 12.1 Å². The second-order valence-corrected chi connectivity index (χ2v) is 5.27. The number of carbonyl (C=O) groups is 2. The van der Waals surface area contributed by atoms with Crippen LogP contribution in [0.4, 0.5) is 0 Å². The summed E-state index contributed by atoms with van der Waals surface area (Å²) in [6.45, 7) is 4.46. The average Bonchev–Trinajstić information content (AvgIpc) is 2.62. The van der Waals surface area contributed by atoms with E-state index in [0.717, 1.165) is 11.3 Å². The van der Waals surface area contributed by atoms with Crippen molar-refractivity contribution in [2.75, 3.05) is 13.7 Å². The smallest absolute Gasteiger partial charge is 0.337 e. The number of hydrogen-bond donors (Lipinski definition) is 1. The Hall–Kier alpha value is -2.82. The van der Waals surface area contributed by atoms with E-state index in [1.54, 1.807) is 24.3 Å². The third-order valence-corrected chi connectivity index (χ3v) is 3.61. The molecule has 2 aromatic carbocycles. The topological polar surface area (TPSA) is 64.6 Å². The van der Waals surface area contributed by atoms with Gasteiger partial charge >= 0.3 is 5.97 Å². The van der Waals surface area contributed by atoms with Crippen LogP contribution in [0, 0.1) is 0 Å². The van der Waals surface area contributed by atoms with E-state index in [4.69, 9.17) is 4.74 Å². The number of ether oxygens (including phenoxy) is 2. The van der Waals surface area contributed by atoms with Crippen molar-refractivity contribution in [1.29, 1.82) is 0 Å². The highest BCUT2D eigenvalue weighted by atomic mass is 16.5. The molecule has 1 amide bonds. The lowest BCUT2D eigenvalue weighted by atomic mass is 10.1. The van der Waals surface area contributed by atoms with Crippen molar-refractivity contribution in [3.05, 3.63) is 65.2 Å². The van der Waals surface area contributed by atoms with E-state index < -0.39 is 5.97 Å². The fraction of sp³-hybridized carbons (Fsp3) is 0.263. The zero-order chi connectivity index (χ0) is 17.5. The lowest BCUT2D eigenvalue weighted by Crippen LogP contribution is -2.26. The highest BCUT2D eigenvalue weighted by Crippen LogP contribution is 2.18. The molecular weight excluding hydrogens is 306 g/mol. The second kappa shape index (κ2) is 8.15. The van der Waals surface area contributed by atoms with Crippen molar-refractivity contribution in [2.45, 2.75) is 19.9 Å². The summed E-state index contributed by atoms with van der Waals surface area (Å²) in [5.74, 6) is 0.177. The van der Waals surface area contributed by atoms with Crippen LogP contribution in [0.2, 0.25) is 0 Å². The van der Waals surface area contributed by atoms with E-state index in [2.05, 4.69) is 10.1 Å². The van der Waals surface area contributed by atoms with Crippen LogP contribution in [0.1, 0.15) is 46.2 Å². The molecule has 5 nitrogen and oxygen atoms in total. The lowest BCUT2D eigenvalue weighted by Gasteiger charge is -2.15. The summed E-state index contributed by atoms with van der Waals surface area (Å²) in [6, 6.07) is 13.8. The zero-order valence-electron chi connectivity index (χ0n) is 14.0. The number of rotatable bonds is 6. The maximum atomic E-state index is 12.3. The molecule has 0 saturated heterocycles. The Morgan fingerprint density at radius 2 is 1.58 bits per heavy atom. The Morgan fingerprint density at radius 3 is 2.12 bits per heavy atom. The summed E-state index contributed by atoms with van der Waals surface area (Å²) in [7, 11) is 1.32. The molecule has 0 aliphatic heterocycles. The predicted molar refractivity (Wildman–Crippen MR) is 91.3 cm³/mol. The van der Waals surface area contributed by atoms with Gasteiger partial charge < -0.3 is 14.8 Å². The van der Waals surface area contributed by atoms with Crippen molar-refractivity contribution in [3.8, 4) is 5.75 Å². The van der Waals surface area contributed by atoms with E-state index in [1.807, 2.05) is 38.1 Å². The summed E-state index contributed by atoms with van der Waals surface area (Å²) in [5, 5.41) is 2.93. The summed E-state index contributed by atoms with van der Waals surface area (Å²) in [6.07, 6.45) is 0. The number of methoxy groups -OCH3 is 1. The van der Waals surface area contributed by atoms with Crippen molar-refractivity contribution in [3.63, 3.8) is 0 Å². The quantitative estimate of drug-likeness (QED) is 0.826. The van der Waals surface area contributed by atoms with Crippen molar-refractivity contribution in [1.82, 2.24) is 5.32 Å². The van der Waals surface area contributed by atoms with Gasteiger partial charge in [0.15, 0.2) is 0 Å². The Morgan fingerprint density at radius 1 is 1.00 bits per heavy atom. The minimum absolute atomic E-state index is 0.145. The summed E-state index contributed by atoms with van der Waals surface area (Å²) in [5.41, 5.74) is 1.88. The normalized spacial score (nSPS) is 11.5. The van der Waals surface area contributed by atoms with Gasteiger partial charge in [0.2, 0.25) is 0 Å². The van der Waals surface area contributed by atoms with Gasteiger partial charge in [-0.05, 0) is 55.8 Å². The molecule has 2 rings (SSSR count). The second-order valence-electron chi connectivity index (χ2n) is 5.27. The highest BCUT2D eigenvalue weighted by Gasteiger charge is 2.13. The zero-order valence-corrected chi connectivity index (χ0v) is 14.0. The third-order valence-electron chi connectivity index (χ3n) is 3.61. The van der Waals surface area contributed by atoms with Crippen molar-refractivity contribution >= 4 is 11.9 Å². The van der Waals surface area contributed by atoms with Gasteiger partial charge in [-0.2, -0.15) is 0 Å². The molecule has 0 bridgehead atoms. The Balaban J connectivity index is 2.01. The van der Waals surface area contributed by atoms with E-state index in [0.29, 0.717) is 17.7 Å². The van der Waals surface area contributed by atoms with Crippen molar-refractivity contribution in [2.24, 2.45) is 0 Å². The first kappa shape index (κ1) is 17.5. The molecule has 0 aliphatic rings. The molecule has 5 heteroatoms. The van der Waals surface area contributed by atoms with Crippen molar-refractivity contribution < 1.29 is 19.1 Å². The average molecular weight is 327 g/mol. The highest BCUT2D eigenvalue weighted by molar-refractivity contribution is 5.96. The first-order valence-electron chi connectivity index (χ1n) is 7.77. The molecule has 0 aromatic heterocycles. The standard InChI is InChI=1S/C19H21NO4/c1-4-24-17-11-9-14(10-12-17)13(2)20-18(21)15-5-7-16(8-6-15)19(22)23-3/h5-13H,4H2,1-3H3,(H,20,21). The molecule has 0 spiro atoms. The molecule has 1 atom stereocenters. The molecule has 0 radical (unpaired) electrons. The largest absolute Gasteiger partial charge is 0.494 e. The molecule has 0 aliphatic carbocycles. The van der Waals surface area contributed by atoms with Gasteiger partial charge in [0.05, 0.1) is 25.3 Å². The lowest BCUT2D eigenvalue weighted by molar-refractivity contribution is 0.0600. The molecule has 0 heterocycles. The van der Waals surface area contributed by atoms with E-state index >= 15 is 0 Å². The minimum Gasteiger partial charge on any atom is -0.494 e. The Kier molecular flexibility index (Phi) is 5.95. The van der Waals surface area contributed by atoms with E-state index in [-0.39, 0.29) is 11.9 Å². The van der Waals surface area contributed by atoms with E-state index in [9.17, 15) is 9.59 Å². The van der Waals surface area contributed by atoms with Crippen LogP contribution in [-0.4, -0.2) is 25.6 Å². The number of esters is 1. The van der Waals surface area contributed by atoms with Gasteiger partial charge in [0.25, 0.3) is 5.91 Å². The van der Waals surface area contributed by atoms with Crippen LogP contribution in [-0.2, 0) is 4.74 Å². The molecule has 1 unspecified atom stereocenters. The maximum Gasteiger partial charge on any atom is 0.337 e. The third kappa shape index (κ3) is 4.35. The summed E-state index contributed by atoms with van der Waals surface area (Å²) in [4.78, 5) is 23.7. The minimum atomic E-state index is -0.426. The molecule has 1 N–H and O–H groups in total. The van der Waals surface area contributed by atoms with Gasteiger partial charge in [0, 0.05) is 5.56 Å². The number of amides is 1. The summed E-state index contributed by atoms with van der Waals surface area (Å²) >= 11 is 0. The van der Waals surface area contributed by atoms with Crippen LogP contribution in [0.3, 0.4) is 0 Å². The van der Waals surface area contributed by atoms with Crippen LogP contribution in [0.5, 0.6) is 5.75 Å².